The van der Waals surface area contributed by atoms with E-state index in [0.717, 1.165) is 50.9 Å². The molecule has 0 aromatic heterocycles. The van der Waals surface area contributed by atoms with Gasteiger partial charge in [-0.2, -0.15) is 0 Å². The lowest BCUT2D eigenvalue weighted by atomic mass is 10.0. The van der Waals surface area contributed by atoms with Gasteiger partial charge in [-0.25, -0.2) is 0 Å². The molecule has 260 valence electrons. The van der Waals surface area contributed by atoms with Crippen LogP contribution < -0.4 is 0 Å². The Morgan fingerprint density at radius 1 is 0.711 bits per heavy atom. The molecule has 6 heteroatoms. The summed E-state index contributed by atoms with van der Waals surface area (Å²) in [5, 5.41) is 9.52. The molecule has 0 aliphatic carbocycles. The van der Waals surface area contributed by atoms with E-state index in [4.69, 9.17) is 14.2 Å². The highest BCUT2D eigenvalue weighted by atomic mass is 16.6. The molecule has 0 saturated carbocycles. The SMILES string of the molecule is CCCCCC1OC1C/C=C\C/C=C\C/C=C\CCCC(=O)OC[C@H](CO)OC(=O)CCCCCCCCCCCCC(C)C. The van der Waals surface area contributed by atoms with Gasteiger partial charge in [-0.3, -0.25) is 9.59 Å². The number of carbonyl (C=O) groups excluding carboxylic acids is 2. The molecule has 0 radical (unpaired) electrons. The lowest BCUT2D eigenvalue weighted by molar-refractivity contribution is -0.161. The molecule has 3 atom stereocenters. The van der Waals surface area contributed by atoms with E-state index in [1.807, 2.05) is 0 Å². The summed E-state index contributed by atoms with van der Waals surface area (Å²) >= 11 is 0. The number of allylic oxidation sites excluding steroid dienone is 5. The van der Waals surface area contributed by atoms with Crippen molar-refractivity contribution in [2.45, 2.75) is 180 Å². The number of epoxide rings is 1. The van der Waals surface area contributed by atoms with Crippen molar-refractivity contribution in [3.8, 4) is 0 Å². The second kappa shape index (κ2) is 29.5. The number of esters is 2. The molecule has 0 aromatic rings. The molecule has 1 rings (SSSR count). The van der Waals surface area contributed by atoms with E-state index in [1.165, 1.54) is 77.0 Å². The van der Waals surface area contributed by atoms with Crippen LogP contribution in [0.5, 0.6) is 0 Å². The molecule has 6 nitrogen and oxygen atoms in total. The largest absolute Gasteiger partial charge is 0.462 e. The van der Waals surface area contributed by atoms with Gasteiger partial charge in [0.05, 0.1) is 18.8 Å². The molecule has 0 bridgehead atoms. The fraction of sp³-hybridized carbons (Fsp3) is 0.795. The van der Waals surface area contributed by atoms with Crippen molar-refractivity contribution in [1.82, 2.24) is 0 Å². The molecule has 1 aliphatic rings. The summed E-state index contributed by atoms with van der Waals surface area (Å²) in [6.45, 7) is 6.37. The van der Waals surface area contributed by atoms with Crippen molar-refractivity contribution in [1.29, 1.82) is 0 Å². The van der Waals surface area contributed by atoms with Gasteiger partial charge >= 0.3 is 11.9 Å². The number of rotatable bonds is 31. The van der Waals surface area contributed by atoms with Gasteiger partial charge in [0.25, 0.3) is 0 Å². The third kappa shape index (κ3) is 27.0. The maximum atomic E-state index is 12.1. The molecule has 1 saturated heterocycles. The smallest absolute Gasteiger partial charge is 0.306 e. The zero-order chi connectivity index (χ0) is 32.8. The molecule has 1 heterocycles. The highest BCUT2D eigenvalue weighted by Gasteiger charge is 2.36. The molecule has 1 aliphatic heterocycles. The minimum absolute atomic E-state index is 0.0964. The quantitative estimate of drug-likeness (QED) is 0.0354. The summed E-state index contributed by atoms with van der Waals surface area (Å²) in [5.74, 6) is 0.158. The van der Waals surface area contributed by atoms with E-state index in [0.29, 0.717) is 31.5 Å². The van der Waals surface area contributed by atoms with E-state index in [9.17, 15) is 14.7 Å². The van der Waals surface area contributed by atoms with Gasteiger partial charge < -0.3 is 19.3 Å². The Hall–Kier alpha value is -1.92. The Morgan fingerprint density at radius 3 is 1.96 bits per heavy atom. The Kier molecular flexibility index (Phi) is 26.9. The highest BCUT2D eigenvalue weighted by molar-refractivity contribution is 5.70. The van der Waals surface area contributed by atoms with Crippen molar-refractivity contribution in [3.63, 3.8) is 0 Å². The molecular formula is C39H68O6. The zero-order valence-electron chi connectivity index (χ0n) is 29.2. The first-order chi connectivity index (χ1) is 22.0. The molecule has 0 spiro atoms. The van der Waals surface area contributed by atoms with Crippen molar-refractivity contribution in [2.24, 2.45) is 5.92 Å². The lowest BCUT2D eigenvalue weighted by Crippen LogP contribution is -2.28. The lowest BCUT2D eigenvalue weighted by Gasteiger charge is -2.15. The predicted molar refractivity (Wildman–Crippen MR) is 186 cm³/mol. The number of hydrogen-bond acceptors (Lipinski definition) is 6. The van der Waals surface area contributed by atoms with Crippen LogP contribution in [0.2, 0.25) is 0 Å². The van der Waals surface area contributed by atoms with Gasteiger partial charge in [-0.05, 0) is 50.9 Å². The number of hydrogen-bond donors (Lipinski definition) is 1. The van der Waals surface area contributed by atoms with Crippen LogP contribution in [0.3, 0.4) is 0 Å². The van der Waals surface area contributed by atoms with Crippen molar-refractivity contribution < 1.29 is 28.9 Å². The third-order valence-electron chi connectivity index (χ3n) is 8.29. The van der Waals surface area contributed by atoms with Crippen LogP contribution in [0.4, 0.5) is 0 Å². The Labute approximate surface area is 276 Å². The summed E-state index contributed by atoms with van der Waals surface area (Å²) in [5.41, 5.74) is 0. The summed E-state index contributed by atoms with van der Waals surface area (Å²) in [6, 6.07) is 0. The van der Waals surface area contributed by atoms with Crippen molar-refractivity contribution in [2.75, 3.05) is 13.2 Å². The molecule has 0 amide bonds. The normalized spacial score (nSPS) is 17.2. The number of carbonyl (C=O) groups is 2. The van der Waals surface area contributed by atoms with Crippen LogP contribution in [0.15, 0.2) is 36.5 Å². The van der Waals surface area contributed by atoms with Crippen LogP contribution in [-0.4, -0.2) is 48.6 Å². The Balaban J connectivity index is 1.93. The van der Waals surface area contributed by atoms with Crippen LogP contribution in [0.25, 0.3) is 0 Å². The van der Waals surface area contributed by atoms with E-state index in [-0.39, 0.29) is 25.2 Å². The van der Waals surface area contributed by atoms with Crippen LogP contribution in [-0.2, 0) is 23.8 Å². The Bertz CT molecular complexity index is 801. The van der Waals surface area contributed by atoms with Gasteiger partial charge in [0.1, 0.15) is 6.61 Å². The summed E-state index contributed by atoms with van der Waals surface area (Å²) < 4.78 is 16.3. The fourth-order valence-electron chi connectivity index (χ4n) is 5.35. The standard InChI is InChI=1S/C39H68O6/c1-4-5-22-28-36-37(45-36)29-24-19-15-11-7-9-12-16-20-25-30-38(41)43-33-35(32-40)44-39(42)31-26-21-17-13-8-6-10-14-18-23-27-34(2)3/h7,11-12,16,19,24,34-37,40H,4-6,8-10,13-15,17-18,20-23,25-33H2,1-3H3/b11-7-,16-12-,24-19-/t35-,36?,37?/m0/s1. The minimum Gasteiger partial charge on any atom is -0.462 e. The van der Waals surface area contributed by atoms with E-state index >= 15 is 0 Å². The van der Waals surface area contributed by atoms with E-state index in [2.05, 4.69) is 57.2 Å². The number of aliphatic hydroxyl groups excluding tert-OH is 1. The summed E-state index contributed by atoms with van der Waals surface area (Å²) in [4.78, 5) is 24.2. The third-order valence-corrected chi connectivity index (χ3v) is 8.29. The molecule has 2 unspecified atom stereocenters. The van der Waals surface area contributed by atoms with Gasteiger partial charge in [0.15, 0.2) is 6.10 Å². The average molecular weight is 633 g/mol. The topological polar surface area (TPSA) is 85.4 Å². The molecule has 1 N–H and O–H groups in total. The Morgan fingerprint density at radius 2 is 1.31 bits per heavy atom. The number of ether oxygens (including phenoxy) is 3. The van der Waals surface area contributed by atoms with Crippen molar-refractivity contribution in [3.05, 3.63) is 36.5 Å². The van der Waals surface area contributed by atoms with Crippen LogP contribution in [0, 0.1) is 5.92 Å². The maximum absolute atomic E-state index is 12.1. The molecule has 1 fully saturated rings. The minimum atomic E-state index is -0.793. The summed E-state index contributed by atoms with van der Waals surface area (Å²) in [7, 11) is 0. The van der Waals surface area contributed by atoms with Crippen LogP contribution >= 0.6 is 0 Å². The number of unbranched alkanes of at least 4 members (excludes halogenated alkanes) is 12. The average Bonchev–Trinajstić information content (AvgIpc) is 3.77. The van der Waals surface area contributed by atoms with Gasteiger partial charge in [0, 0.05) is 12.8 Å². The fourth-order valence-corrected chi connectivity index (χ4v) is 5.35. The van der Waals surface area contributed by atoms with Crippen LogP contribution in [0.1, 0.15) is 162 Å². The maximum Gasteiger partial charge on any atom is 0.306 e. The molecular weight excluding hydrogens is 564 g/mol. The first-order valence-corrected chi connectivity index (χ1v) is 18.5. The van der Waals surface area contributed by atoms with E-state index in [1.54, 1.807) is 0 Å². The van der Waals surface area contributed by atoms with Crippen molar-refractivity contribution >= 4 is 11.9 Å². The van der Waals surface area contributed by atoms with Gasteiger partial charge in [0.2, 0.25) is 0 Å². The number of aliphatic hydroxyl groups is 1. The van der Waals surface area contributed by atoms with Gasteiger partial charge in [-0.15, -0.1) is 0 Å². The summed E-state index contributed by atoms with van der Waals surface area (Å²) in [6.07, 6.45) is 36.7. The second-order valence-corrected chi connectivity index (χ2v) is 13.2. The predicted octanol–water partition coefficient (Wildman–Crippen LogP) is 10.1. The molecule has 0 aromatic carbocycles. The first kappa shape index (κ1) is 41.1. The first-order valence-electron chi connectivity index (χ1n) is 18.5. The highest BCUT2D eigenvalue weighted by Crippen LogP contribution is 2.30. The molecule has 45 heavy (non-hydrogen) atoms. The van der Waals surface area contributed by atoms with Gasteiger partial charge in [-0.1, -0.05) is 141 Å². The monoisotopic (exact) mass is 633 g/mol. The second-order valence-electron chi connectivity index (χ2n) is 13.2. The zero-order valence-corrected chi connectivity index (χ0v) is 29.2. The van der Waals surface area contributed by atoms with E-state index < -0.39 is 6.10 Å².